The summed E-state index contributed by atoms with van der Waals surface area (Å²) in [5, 5.41) is 7.96. The van der Waals surface area contributed by atoms with Crippen molar-refractivity contribution >= 4 is 17.2 Å². The van der Waals surface area contributed by atoms with Gasteiger partial charge < -0.3 is 15.6 Å². The fourth-order valence-corrected chi connectivity index (χ4v) is 3.29. The lowest BCUT2D eigenvalue weighted by Crippen LogP contribution is -2.48. The van der Waals surface area contributed by atoms with Crippen LogP contribution in [0.25, 0.3) is 0 Å². The van der Waals surface area contributed by atoms with Crippen LogP contribution in [0.4, 0.5) is 0 Å². The van der Waals surface area contributed by atoms with Crippen LogP contribution in [-0.4, -0.2) is 23.5 Å². The fraction of sp³-hybridized carbons (Fsp3) is 0.692. The summed E-state index contributed by atoms with van der Waals surface area (Å²) in [5.74, 6) is 0.0447. The second-order valence-corrected chi connectivity index (χ2v) is 6.06. The minimum atomic E-state index is -0.0803. The van der Waals surface area contributed by atoms with E-state index in [9.17, 15) is 9.59 Å². The van der Waals surface area contributed by atoms with E-state index in [0.717, 1.165) is 29.9 Å². The third-order valence-corrected chi connectivity index (χ3v) is 4.61. The number of carbonyl (C=O) groups excluding carboxylic acids is 1. The van der Waals surface area contributed by atoms with Crippen molar-refractivity contribution in [1.29, 1.82) is 0 Å². The van der Waals surface area contributed by atoms with Crippen LogP contribution >= 0.6 is 11.3 Å². The third-order valence-electron chi connectivity index (χ3n) is 3.89. The van der Waals surface area contributed by atoms with Gasteiger partial charge in [0.05, 0.1) is 6.54 Å². The van der Waals surface area contributed by atoms with Crippen molar-refractivity contribution in [2.75, 3.05) is 7.05 Å². The van der Waals surface area contributed by atoms with Gasteiger partial charge in [0.25, 0.3) is 0 Å². The number of aromatic nitrogens is 1. The highest BCUT2D eigenvalue weighted by molar-refractivity contribution is 7.07. The van der Waals surface area contributed by atoms with Gasteiger partial charge in [0.2, 0.25) is 5.91 Å². The smallest absolute Gasteiger partial charge is 0.304 e. The quantitative estimate of drug-likeness (QED) is 0.764. The SMILES string of the molecule is CNC1(CC(=O)NCc2csc(=O)[nH]2)CCCCC1. The molecule has 0 spiro atoms. The van der Waals surface area contributed by atoms with Crippen LogP contribution in [0.2, 0.25) is 0 Å². The monoisotopic (exact) mass is 283 g/mol. The molecule has 0 aromatic carbocycles. The van der Waals surface area contributed by atoms with Crippen LogP contribution in [-0.2, 0) is 11.3 Å². The number of aromatic amines is 1. The standard InChI is InChI=1S/C13H21N3O2S/c1-14-13(5-3-2-4-6-13)7-11(17)15-8-10-9-19-12(18)16-10/h9,14H,2-8H2,1H3,(H,15,17)(H,16,18). The van der Waals surface area contributed by atoms with Crippen molar-refractivity contribution in [3.8, 4) is 0 Å². The second kappa shape index (κ2) is 6.34. The molecule has 5 nitrogen and oxygen atoms in total. The number of thiazole rings is 1. The van der Waals surface area contributed by atoms with Crippen LogP contribution in [0.3, 0.4) is 0 Å². The van der Waals surface area contributed by atoms with Crippen molar-refractivity contribution in [2.45, 2.75) is 50.6 Å². The number of amides is 1. The zero-order valence-corrected chi connectivity index (χ0v) is 12.1. The summed E-state index contributed by atoms with van der Waals surface area (Å²) in [5.41, 5.74) is 0.732. The maximum absolute atomic E-state index is 12.0. The Balaban J connectivity index is 1.84. The van der Waals surface area contributed by atoms with Gasteiger partial charge in [0, 0.05) is 23.0 Å². The minimum absolute atomic E-state index is 0.0373. The normalized spacial score (nSPS) is 18.2. The predicted octanol–water partition coefficient (Wildman–Crippen LogP) is 1.36. The Hall–Kier alpha value is -1.14. The van der Waals surface area contributed by atoms with Crippen LogP contribution in [0, 0.1) is 0 Å². The summed E-state index contributed by atoms with van der Waals surface area (Å²) in [6.07, 6.45) is 6.27. The lowest BCUT2D eigenvalue weighted by Gasteiger charge is -2.36. The van der Waals surface area contributed by atoms with Gasteiger partial charge in [-0.15, -0.1) is 0 Å². The first kappa shape index (κ1) is 14.3. The molecule has 1 saturated carbocycles. The van der Waals surface area contributed by atoms with Crippen LogP contribution in [0.1, 0.15) is 44.2 Å². The van der Waals surface area contributed by atoms with Crippen molar-refractivity contribution in [1.82, 2.24) is 15.6 Å². The van der Waals surface area contributed by atoms with Crippen LogP contribution in [0.5, 0.6) is 0 Å². The van der Waals surface area contributed by atoms with E-state index in [1.165, 1.54) is 19.3 Å². The molecule has 1 aromatic rings. The lowest BCUT2D eigenvalue weighted by atomic mass is 9.79. The first-order valence-corrected chi connectivity index (χ1v) is 7.64. The molecule has 1 aromatic heterocycles. The second-order valence-electron chi connectivity index (χ2n) is 5.22. The van der Waals surface area contributed by atoms with Crippen molar-refractivity contribution in [3.63, 3.8) is 0 Å². The molecular weight excluding hydrogens is 262 g/mol. The van der Waals surface area contributed by atoms with Crippen molar-refractivity contribution < 1.29 is 4.79 Å². The van der Waals surface area contributed by atoms with E-state index in [1.54, 1.807) is 5.38 Å². The maximum atomic E-state index is 12.0. The van der Waals surface area contributed by atoms with E-state index >= 15 is 0 Å². The van der Waals surface area contributed by atoms with Gasteiger partial charge in [0.1, 0.15) is 0 Å². The van der Waals surface area contributed by atoms with Gasteiger partial charge >= 0.3 is 4.87 Å². The Morgan fingerprint density at radius 1 is 1.42 bits per heavy atom. The molecule has 0 saturated heterocycles. The molecule has 0 unspecified atom stereocenters. The summed E-state index contributed by atoms with van der Waals surface area (Å²) in [6, 6.07) is 0. The Labute approximate surface area is 116 Å². The Bertz CT molecular complexity index is 474. The topological polar surface area (TPSA) is 74.0 Å². The average molecular weight is 283 g/mol. The maximum Gasteiger partial charge on any atom is 0.304 e. The first-order valence-electron chi connectivity index (χ1n) is 6.76. The van der Waals surface area contributed by atoms with Crippen LogP contribution < -0.4 is 15.5 Å². The summed E-state index contributed by atoms with van der Waals surface area (Å²) >= 11 is 1.12. The lowest BCUT2D eigenvalue weighted by molar-refractivity contribution is -0.123. The predicted molar refractivity (Wildman–Crippen MR) is 76.3 cm³/mol. The molecule has 0 atom stereocenters. The number of hydrogen-bond acceptors (Lipinski definition) is 4. The molecule has 0 radical (unpaired) electrons. The molecule has 19 heavy (non-hydrogen) atoms. The van der Waals surface area contributed by atoms with E-state index in [-0.39, 0.29) is 16.3 Å². The van der Waals surface area contributed by atoms with Crippen LogP contribution in [0.15, 0.2) is 10.2 Å². The third kappa shape index (κ3) is 3.91. The first-order chi connectivity index (χ1) is 9.13. The molecule has 0 aliphatic heterocycles. The van der Waals surface area contributed by atoms with E-state index in [0.29, 0.717) is 13.0 Å². The van der Waals surface area contributed by atoms with Gasteiger partial charge in [-0.2, -0.15) is 0 Å². The number of nitrogens with one attached hydrogen (secondary N) is 3. The number of H-pyrrole nitrogens is 1. The minimum Gasteiger partial charge on any atom is -0.350 e. The highest BCUT2D eigenvalue weighted by Crippen LogP contribution is 2.30. The molecule has 1 fully saturated rings. The summed E-state index contributed by atoms with van der Waals surface area (Å²) in [7, 11) is 1.94. The van der Waals surface area contributed by atoms with Gasteiger partial charge in [-0.25, -0.2) is 0 Å². The molecular formula is C13H21N3O2S. The van der Waals surface area contributed by atoms with Gasteiger partial charge in [-0.05, 0) is 19.9 Å². The van der Waals surface area contributed by atoms with E-state index in [4.69, 9.17) is 0 Å². The Morgan fingerprint density at radius 2 is 2.16 bits per heavy atom. The highest BCUT2D eigenvalue weighted by Gasteiger charge is 2.32. The van der Waals surface area contributed by atoms with E-state index in [1.807, 2.05) is 7.05 Å². The average Bonchev–Trinajstić information content (AvgIpc) is 2.83. The summed E-state index contributed by atoms with van der Waals surface area (Å²) in [4.78, 5) is 25.6. The number of carbonyl (C=O) groups is 1. The molecule has 3 N–H and O–H groups in total. The number of hydrogen-bond donors (Lipinski definition) is 3. The van der Waals surface area contributed by atoms with Gasteiger partial charge in [-0.3, -0.25) is 9.59 Å². The van der Waals surface area contributed by atoms with E-state index < -0.39 is 0 Å². The molecule has 1 aliphatic rings. The molecule has 2 rings (SSSR count). The largest absolute Gasteiger partial charge is 0.350 e. The zero-order chi connectivity index (χ0) is 13.7. The van der Waals surface area contributed by atoms with Crippen molar-refractivity contribution in [3.05, 3.63) is 20.7 Å². The number of rotatable bonds is 5. The molecule has 106 valence electrons. The molecule has 1 aliphatic carbocycles. The van der Waals surface area contributed by atoms with Crippen molar-refractivity contribution in [2.24, 2.45) is 0 Å². The zero-order valence-electron chi connectivity index (χ0n) is 11.3. The van der Waals surface area contributed by atoms with Gasteiger partial charge in [-0.1, -0.05) is 30.6 Å². The fourth-order valence-electron chi connectivity index (χ4n) is 2.71. The highest BCUT2D eigenvalue weighted by atomic mass is 32.1. The van der Waals surface area contributed by atoms with E-state index in [2.05, 4.69) is 15.6 Å². The Kier molecular flexibility index (Phi) is 4.76. The molecule has 6 heteroatoms. The molecule has 0 bridgehead atoms. The summed E-state index contributed by atoms with van der Waals surface area (Å²) < 4.78 is 0. The van der Waals surface area contributed by atoms with Gasteiger partial charge in [0.15, 0.2) is 0 Å². The Morgan fingerprint density at radius 3 is 2.74 bits per heavy atom. The summed E-state index contributed by atoms with van der Waals surface area (Å²) in [6.45, 7) is 0.400. The molecule has 1 amide bonds. The molecule has 1 heterocycles.